The van der Waals surface area contributed by atoms with Gasteiger partial charge in [0.2, 0.25) is 0 Å². The number of carbonyl (C=O) groups is 1. The van der Waals surface area contributed by atoms with Crippen molar-refractivity contribution >= 4 is 5.78 Å². The van der Waals surface area contributed by atoms with E-state index in [1.807, 2.05) is 36.4 Å². The summed E-state index contributed by atoms with van der Waals surface area (Å²) < 4.78 is 0. The number of carbonyl (C=O) groups excluding carboxylic acids is 1. The van der Waals surface area contributed by atoms with Gasteiger partial charge in [0, 0.05) is 13.0 Å². The lowest BCUT2D eigenvalue weighted by Gasteiger charge is -2.13. The molecule has 0 bridgehead atoms. The third-order valence-corrected chi connectivity index (χ3v) is 2.66. The molecule has 16 heavy (non-hydrogen) atoms. The summed E-state index contributed by atoms with van der Waals surface area (Å²) in [5, 5.41) is 0. The van der Waals surface area contributed by atoms with E-state index in [1.54, 1.807) is 0 Å². The molecule has 0 aliphatic rings. The molecule has 0 aromatic heterocycles. The Morgan fingerprint density at radius 2 is 2.06 bits per heavy atom. The van der Waals surface area contributed by atoms with Gasteiger partial charge >= 0.3 is 0 Å². The normalized spacial score (nSPS) is 12.1. The number of hydrogen-bond acceptors (Lipinski definition) is 2. The molecule has 0 saturated carbocycles. The number of hydrogen-bond donors (Lipinski definition) is 1. The van der Waals surface area contributed by atoms with Gasteiger partial charge in [-0.05, 0) is 18.4 Å². The summed E-state index contributed by atoms with van der Waals surface area (Å²) in [6, 6.07) is 9.75. The van der Waals surface area contributed by atoms with Gasteiger partial charge in [-0.2, -0.15) is 0 Å². The third-order valence-electron chi connectivity index (χ3n) is 2.66. The second-order valence-electron chi connectivity index (χ2n) is 3.85. The van der Waals surface area contributed by atoms with Crippen molar-refractivity contribution in [2.24, 2.45) is 5.73 Å². The SMILES string of the molecule is C=CCCCC(=O)C(CN)c1ccccc1. The van der Waals surface area contributed by atoms with Crippen LogP contribution in [0.5, 0.6) is 0 Å². The van der Waals surface area contributed by atoms with Gasteiger partial charge in [-0.1, -0.05) is 36.4 Å². The highest BCUT2D eigenvalue weighted by Gasteiger charge is 2.17. The molecule has 2 nitrogen and oxygen atoms in total. The van der Waals surface area contributed by atoms with E-state index in [9.17, 15) is 4.79 Å². The van der Waals surface area contributed by atoms with E-state index in [1.165, 1.54) is 0 Å². The second-order valence-corrected chi connectivity index (χ2v) is 3.85. The fourth-order valence-electron chi connectivity index (χ4n) is 1.73. The molecular weight excluding hydrogens is 198 g/mol. The standard InChI is InChI=1S/C14H19NO/c1-2-3-5-10-14(16)13(11-15)12-8-6-4-7-9-12/h2,4,6-9,13H,1,3,5,10-11,15H2. The van der Waals surface area contributed by atoms with Gasteiger partial charge in [-0.15, -0.1) is 6.58 Å². The predicted molar refractivity (Wildman–Crippen MR) is 67.3 cm³/mol. The Hall–Kier alpha value is -1.41. The number of benzene rings is 1. The van der Waals surface area contributed by atoms with Crippen LogP contribution < -0.4 is 5.73 Å². The molecule has 0 fully saturated rings. The Balaban J connectivity index is 2.60. The van der Waals surface area contributed by atoms with Crippen molar-refractivity contribution in [1.82, 2.24) is 0 Å². The lowest BCUT2D eigenvalue weighted by atomic mass is 9.92. The molecule has 0 amide bonds. The first-order chi connectivity index (χ1) is 7.79. The molecule has 1 unspecified atom stereocenters. The lowest BCUT2D eigenvalue weighted by Crippen LogP contribution is -2.21. The lowest BCUT2D eigenvalue weighted by molar-refractivity contribution is -0.120. The van der Waals surface area contributed by atoms with Crippen molar-refractivity contribution in [1.29, 1.82) is 0 Å². The largest absolute Gasteiger partial charge is 0.329 e. The maximum absolute atomic E-state index is 11.9. The van der Waals surface area contributed by atoms with Crippen LogP contribution in [-0.4, -0.2) is 12.3 Å². The van der Waals surface area contributed by atoms with Crippen LogP contribution in [0.2, 0.25) is 0 Å². The molecule has 2 N–H and O–H groups in total. The summed E-state index contributed by atoms with van der Waals surface area (Å²) >= 11 is 0. The Bertz CT molecular complexity index is 332. The Kier molecular flexibility index (Phi) is 5.51. The Morgan fingerprint density at radius 1 is 1.38 bits per heavy atom. The second kappa shape index (κ2) is 6.96. The highest BCUT2D eigenvalue weighted by molar-refractivity contribution is 5.85. The molecule has 1 aromatic rings. The van der Waals surface area contributed by atoms with Crippen molar-refractivity contribution < 1.29 is 4.79 Å². The van der Waals surface area contributed by atoms with Crippen molar-refractivity contribution in [2.75, 3.05) is 6.54 Å². The number of nitrogens with two attached hydrogens (primary N) is 1. The van der Waals surface area contributed by atoms with E-state index in [2.05, 4.69) is 6.58 Å². The minimum absolute atomic E-state index is 0.147. The summed E-state index contributed by atoms with van der Waals surface area (Å²) in [5.74, 6) is 0.0848. The van der Waals surface area contributed by atoms with Crippen molar-refractivity contribution in [2.45, 2.75) is 25.2 Å². The average molecular weight is 217 g/mol. The van der Waals surface area contributed by atoms with Gasteiger partial charge in [-0.25, -0.2) is 0 Å². The molecular formula is C14H19NO. The van der Waals surface area contributed by atoms with Gasteiger partial charge in [0.25, 0.3) is 0 Å². The first-order valence-electron chi connectivity index (χ1n) is 5.68. The van der Waals surface area contributed by atoms with Crippen LogP contribution in [0.15, 0.2) is 43.0 Å². The summed E-state index contributed by atoms with van der Waals surface area (Å²) in [6.45, 7) is 4.03. The Morgan fingerprint density at radius 3 is 2.62 bits per heavy atom. The van der Waals surface area contributed by atoms with Gasteiger partial charge in [0.1, 0.15) is 5.78 Å². The van der Waals surface area contributed by atoms with Crippen LogP contribution in [0, 0.1) is 0 Å². The predicted octanol–water partition coefficient (Wildman–Crippen LogP) is 2.65. The van der Waals surface area contributed by atoms with E-state index >= 15 is 0 Å². The molecule has 1 aromatic carbocycles. The summed E-state index contributed by atoms with van der Waals surface area (Å²) in [6.07, 6.45) is 4.18. The zero-order chi connectivity index (χ0) is 11.8. The molecule has 1 rings (SSSR count). The number of ketones is 1. The molecule has 2 heteroatoms. The van der Waals surface area contributed by atoms with Gasteiger partial charge in [0.15, 0.2) is 0 Å². The molecule has 0 aliphatic heterocycles. The maximum Gasteiger partial charge on any atom is 0.141 e. The van der Waals surface area contributed by atoms with Gasteiger partial charge in [0.05, 0.1) is 5.92 Å². The minimum atomic E-state index is -0.147. The van der Waals surface area contributed by atoms with E-state index in [0.29, 0.717) is 13.0 Å². The van der Waals surface area contributed by atoms with E-state index < -0.39 is 0 Å². The molecule has 0 saturated heterocycles. The maximum atomic E-state index is 11.9. The zero-order valence-electron chi connectivity index (χ0n) is 9.56. The first kappa shape index (κ1) is 12.7. The fourth-order valence-corrected chi connectivity index (χ4v) is 1.73. The number of Topliss-reactive ketones (excluding diaryl/α,β-unsaturated/α-hetero) is 1. The van der Waals surface area contributed by atoms with Crippen LogP contribution in [0.25, 0.3) is 0 Å². The number of unbranched alkanes of at least 4 members (excludes halogenated alkanes) is 1. The minimum Gasteiger partial charge on any atom is -0.329 e. The van der Waals surface area contributed by atoms with Gasteiger partial charge < -0.3 is 5.73 Å². The molecule has 86 valence electrons. The zero-order valence-corrected chi connectivity index (χ0v) is 9.56. The van der Waals surface area contributed by atoms with Crippen molar-refractivity contribution in [3.05, 3.63) is 48.6 Å². The topological polar surface area (TPSA) is 43.1 Å². The fraction of sp³-hybridized carbons (Fsp3) is 0.357. The van der Waals surface area contributed by atoms with Gasteiger partial charge in [-0.3, -0.25) is 4.79 Å². The summed E-state index contributed by atoms with van der Waals surface area (Å²) in [5.41, 5.74) is 6.69. The molecule has 0 radical (unpaired) electrons. The summed E-state index contributed by atoms with van der Waals surface area (Å²) in [4.78, 5) is 11.9. The van der Waals surface area contributed by atoms with Crippen molar-refractivity contribution in [3.63, 3.8) is 0 Å². The Labute approximate surface area is 97.2 Å². The molecule has 0 aliphatic carbocycles. The summed E-state index contributed by atoms with van der Waals surface area (Å²) in [7, 11) is 0. The van der Waals surface area contributed by atoms with Crippen LogP contribution in [0.1, 0.15) is 30.7 Å². The number of allylic oxidation sites excluding steroid dienone is 1. The smallest absolute Gasteiger partial charge is 0.141 e. The first-order valence-corrected chi connectivity index (χ1v) is 5.68. The molecule has 0 heterocycles. The van der Waals surface area contributed by atoms with E-state index in [4.69, 9.17) is 5.73 Å². The van der Waals surface area contributed by atoms with E-state index in [0.717, 1.165) is 18.4 Å². The number of rotatable bonds is 7. The quantitative estimate of drug-likeness (QED) is 0.563. The van der Waals surface area contributed by atoms with Crippen LogP contribution in [0.4, 0.5) is 0 Å². The monoisotopic (exact) mass is 217 g/mol. The van der Waals surface area contributed by atoms with Crippen LogP contribution in [0.3, 0.4) is 0 Å². The van der Waals surface area contributed by atoms with Crippen LogP contribution in [-0.2, 0) is 4.79 Å². The highest BCUT2D eigenvalue weighted by Crippen LogP contribution is 2.18. The molecule has 1 atom stereocenters. The highest BCUT2D eigenvalue weighted by atomic mass is 16.1. The average Bonchev–Trinajstić information content (AvgIpc) is 2.32. The van der Waals surface area contributed by atoms with E-state index in [-0.39, 0.29) is 11.7 Å². The van der Waals surface area contributed by atoms with Crippen LogP contribution >= 0.6 is 0 Å². The third kappa shape index (κ3) is 3.63. The molecule has 0 spiro atoms. The van der Waals surface area contributed by atoms with Crippen molar-refractivity contribution in [3.8, 4) is 0 Å².